The molecule has 0 aliphatic rings. The van der Waals surface area contributed by atoms with Crippen molar-refractivity contribution in [3.63, 3.8) is 0 Å². The lowest BCUT2D eigenvalue weighted by atomic mass is 10.0. The Labute approximate surface area is 198 Å². The molecule has 0 radical (unpaired) electrons. The highest BCUT2D eigenvalue weighted by molar-refractivity contribution is 5.79. The van der Waals surface area contributed by atoms with Crippen molar-refractivity contribution in [2.24, 2.45) is 0 Å². The van der Waals surface area contributed by atoms with Crippen LogP contribution in [0.3, 0.4) is 0 Å². The molecule has 32 heavy (non-hydrogen) atoms. The molecule has 0 fully saturated rings. The molecule has 0 saturated heterocycles. The summed E-state index contributed by atoms with van der Waals surface area (Å²) in [5, 5.41) is 24.1. The number of hydrogen-bond donors (Lipinski definition) is 3. The highest BCUT2D eigenvalue weighted by atomic mass is 16.4. The Kier molecular flexibility index (Phi) is 23.8. The summed E-state index contributed by atoms with van der Waals surface area (Å²) >= 11 is 0. The quantitative estimate of drug-likeness (QED) is 0.139. The summed E-state index contributed by atoms with van der Waals surface area (Å²) in [4.78, 5) is 19.4. The molecule has 0 aliphatic heterocycles. The molecule has 0 aromatic rings. The van der Waals surface area contributed by atoms with Crippen molar-refractivity contribution in [1.82, 2.24) is 0 Å². The molecule has 1 unspecified atom stereocenters. The summed E-state index contributed by atoms with van der Waals surface area (Å²) in [5.41, 5.74) is 0. The molecule has 0 spiro atoms. The number of aliphatic hydroxyl groups excluding tert-OH is 1. The standard InChI is InChI=1S/C22H48N.C4H6O5/c1-5-9-10-11-12-13-14-15-16-17-18-19-20-21-22-23(6-2,7-3)8-4;5-2(4(8)9)1-3(6)7/h5-22H2,1-4H3;2,5H,1H2,(H,6,7)(H,8,9)/q+1;. The molecule has 1 atom stereocenters. The van der Waals surface area contributed by atoms with Crippen LogP contribution in [0.15, 0.2) is 0 Å². The Morgan fingerprint density at radius 2 is 0.969 bits per heavy atom. The van der Waals surface area contributed by atoms with E-state index in [0.717, 1.165) is 0 Å². The molecule has 0 aromatic carbocycles. The smallest absolute Gasteiger partial charge is 0.333 e. The third-order valence-corrected chi connectivity index (χ3v) is 6.65. The highest BCUT2D eigenvalue weighted by Crippen LogP contribution is 2.14. The first kappa shape index (κ1) is 33.0. The second-order valence-corrected chi connectivity index (χ2v) is 9.06. The van der Waals surface area contributed by atoms with Crippen molar-refractivity contribution in [3.8, 4) is 0 Å². The molecule has 6 heteroatoms. The van der Waals surface area contributed by atoms with E-state index in [2.05, 4.69) is 27.7 Å². The maximum Gasteiger partial charge on any atom is 0.333 e. The van der Waals surface area contributed by atoms with E-state index in [1.54, 1.807) is 0 Å². The molecule has 0 aromatic heterocycles. The minimum atomic E-state index is -1.79. The molecule has 3 N–H and O–H groups in total. The van der Waals surface area contributed by atoms with Crippen LogP contribution in [0.25, 0.3) is 0 Å². The summed E-state index contributed by atoms with van der Waals surface area (Å²) in [7, 11) is 0. The van der Waals surface area contributed by atoms with Gasteiger partial charge in [0.25, 0.3) is 0 Å². The number of hydrogen-bond acceptors (Lipinski definition) is 3. The fraction of sp³-hybridized carbons (Fsp3) is 0.923. The second kappa shape index (κ2) is 23.0. The summed E-state index contributed by atoms with van der Waals surface area (Å²) in [6.07, 6.45) is 17.9. The Morgan fingerprint density at radius 1 is 0.625 bits per heavy atom. The number of quaternary nitrogens is 1. The lowest BCUT2D eigenvalue weighted by molar-refractivity contribution is -0.923. The summed E-state index contributed by atoms with van der Waals surface area (Å²) in [6.45, 7) is 14.7. The number of rotatable bonds is 21. The first-order valence-electron chi connectivity index (χ1n) is 13.3. The molecule has 0 aliphatic carbocycles. The molecule has 0 saturated carbocycles. The van der Waals surface area contributed by atoms with Gasteiger partial charge in [-0.2, -0.15) is 0 Å². The number of aliphatic carboxylic acids is 2. The zero-order chi connectivity index (χ0) is 24.7. The average molecular weight is 461 g/mol. The minimum Gasteiger partial charge on any atom is -0.481 e. The average Bonchev–Trinajstić information content (AvgIpc) is 2.77. The van der Waals surface area contributed by atoms with Crippen molar-refractivity contribution in [2.45, 2.75) is 130 Å². The second-order valence-electron chi connectivity index (χ2n) is 9.06. The lowest BCUT2D eigenvalue weighted by Gasteiger charge is -2.35. The van der Waals surface area contributed by atoms with Crippen LogP contribution in [-0.2, 0) is 9.59 Å². The lowest BCUT2D eigenvalue weighted by Crippen LogP contribution is -2.48. The van der Waals surface area contributed by atoms with Crippen LogP contribution in [0.5, 0.6) is 0 Å². The maximum absolute atomic E-state index is 9.72. The molecule has 6 nitrogen and oxygen atoms in total. The van der Waals surface area contributed by atoms with Crippen molar-refractivity contribution >= 4 is 11.9 Å². The fourth-order valence-electron chi connectivity index (χ4n) is 4.04. The van der Waals surface area contributed by atoms with Gasteiger partial charge in [0, 0.05) is 0 Å². The molecular formula is C26H54NO5+. The van der Waals surface area contributed by atoms with Gasteiger partial charge >= 0.3 is 11.9 Å². The fourth-order valence-corrected chi connectivity index (χ4v) is 4.04. The SMILES string of the molecule is CCCCCCCCCCCCCCCC[N+](CC)(CC)CC.O=C(O)CC(O)C(=O)O. The molecule has 0 amide bonds. The van der Waals surface area contributed by atoms with Gasteiger partial charge in [0.05, 0.1) is 32.6 Å². The number of carboxylic acids is 2. The van der Waals surface area contributed by atoms with Crippen LogP contribution in [-0.4, -0.2) is 64.0 Å². The van der Waals surface area contributed by atoms with Gasteiger partial charge in [-0.3, -0.25) is 4.79 Å². The summed E-state index contributed by atoms with van der Waals surface area (Å²) < 4.78 is 1.33. The van der Waals surface area contributed by atoms with Crippen LogP contribution in [0.2, 0.25) is 0 Å². The third kappa shape index (κ3) is 20.7. The predicted octanol–water partition coefficient (Wildman–Crippen LogP) is 6.25. The number of carbonyl (C=O) groups is 2. The Bertz CT molecular complexity index is 430. The van der Waals surface area contributed by atoms with E-state index >= 15 is 0 Å². The van der Waals surface area contributed by atoms with E-state index in [1.165, 1.54) is 121 Å². The van der Waals surface area contributed by atoms with E-state index in [-0.39, 0.29) is 0 Å². The normalized spacial score (nSPS) is 12.2. The van der Waals surface area contributed by atoms with Gasteiger partial charge < -0.3 is 19.8 Å². The first-order chi connectivity index (χ1) is 15.3. The molecule has 0 heterocycles. The van der Waals surface area contributed by atoms with Crippen LogP contribution in [0, 0.1) is 0 Å². The van der Waals surface area contributed by atoms with E-state index < -0.39 is 24.5 Å². The first-order valence-corrected chi connectivity index (χ1v) is 13.3. The van der Waals surface area contributed by atoms with Gasteiger partial charge in [0.2, 0.25) is 0 Å². The van der Waals surface area contributed by atoms with Gasteiger partial charge in [0.1, 0.15) is 0 Å². The summed E-state index contributed by atoms with van der Waals surface area (Å²) in [5.74, 6) is -2.85. The van der Waals surface area contributed by atoms with Gasteiger partial charge in [-0.25, -0.2) is 4.79 Å². The van der Waals surface area contributed by atoms with Crippen molar-refractivity contribution in [1.29, 1.82) is 0 Å². The topological polar surface area (TPSA) is 94.8 Å². The molecule has 0 bridgehead atoms. The number of aliphatic hydroxyl groups is 1. The number of carboxylic acid groups (broad SMARTS) is 2. The van der Waals surface area contributed by atoms with E-state index in [0.29, 0.717) is 0 Å². The van der Waals surface area contributed by atoms with Crippen molar-refractivity contribution in [2.75, 3.05) is 26.2 Å². The van der Waals surface area contributed by atoms with Crippen LogP contribution >= 0.6 is 0 Å². The third-order valence-electron chi connectivity index (χ3n) is 6.65. The summed E-state index contributed by atoms with van der Waals surface area (Å²) in [6, 6.07) is 0. The Morgan fingerprint density at radius 3 is 1.22 bits per heavy atom. The molecule has 0 rings (SSSR count). The Hall–Kier alpha value is -1.14. The van der Waals surface area contributed by atoms with Gasteiger partial charge in [0.15, 0.2) is 6.10 Å². The highest BCUT2D eigenvalue weighted by Gasteiger charge is 2.19. The van der Waals surface area contributed by atoms with Gasteiger partial charge in [-0.05, 0) is 33.6 Å². The zero-order valence-electron chi connectivity index (χ0n) is 21.6. The van der Waals surface area contributed by atoms with Crippen molar-refractivity contribution in [3.05, 3.63) is 0 Å². The number of unbranched alkanes of at least 4 members (excludes halogenated alkanes) is 13. The largest absolute Gasteiger partial charge is 0.481 e. The van der Waals surface area contributed by atoms with E-state index in [9.17, 15) is 9.59 Å². The van der Waals surface area contributed by atoms with Gasteiger partial charge in [-0.15, -0.1) is 0 Å². The molecule has 192 valence electrons. The zero-order valence-corrected chi connectivity index (χ0v) is 21.6. The van der Waals surface area contributed by atoms with Crippen LogP contribution < -0.4 is 0 Å². The minimum absolute atomic E-state index is 0.755. The van der Waals surface area contributed by atoms with Crippen molar-refractivity contribution < 1.29 is 29.4 Å². The van der Waals surface area contributed by atoms with Crippen LogP contribution in [0.1, 0.15) is 124 Å². The van der Waals surface area contributed by atoms with Crippen LogP contribution in [0.4, 0.5) is 0 Å². The van der Waals surface area contributed by atoms with E-state index in [4.69, 9.17) is 15.3 Å². The molecular weight excluding hydrogens is 406 g/mol. The maximum atomic E-state index is 9.72. The predicted molar refractivity (Wildman–Crippen MR) is 133 cm³/mol. The van der Waals surface area contributed by atoms with Gasteiger partial charge in [-0.1, -0.05) is 84.0 Å². The van der Waals surface area contributed by atoms with E-state index in [1.807, 2.05) is 0 Å². The number of nitrogens with zero attached hydrogens (tertiary/aromatic N) is 1. The monoisotopic (exact) mass is 460 g/mol. The Balaban J connectivity index is 0.